The Bertz CT molecular complexity index is 1500. The largest absolute Gasteiger partial charge is 0.309 e. The molecule has 2 atom stereocenters. The summed E-state index contributed by atoms with van der Waals surface area (Å²) in [6, 6.07) is 28.9. The second kappa shape index (κ2) is 11.6. The molecule has 5 rings (SSSR count). The van der Waals surface area contributed by atoms with Crippen molar-refractivity contribution in [3.63, 3.8) is 0 Å². The van der Waals surface area contributed by atoms with Gasteiger partial charge in [0.15, 0.2) is 0 Å². The molecule has 0 spiro atoms. The molecule has 2 unspecified atom stereocenters. The van der Waals surface area contributed by atoms with Crippen LogP contribution in [0.3, 0.4) is 0 Å². The molecule has 3 aromatic carbocycles. The number of fused-ring (bicyclic) bond motifs is 3. The predicted octanol–water partition coefficient (Wildman–Crippen LogP) is 9.43. The molecule has 0 radical (unpaired) electrons. The molecular weight excluding hydrogens is 484 g/mol. The molecule has 1 nitrogen and oxygen atoms in total. The van der Waals surface area contributed by atoms with E-state index in [4.69, 9.17) is 0 Å². The minimum absolute atomic E-state index is 0.360. The SMILES string of the molecule is CC/C=C\C=C(/C)P(C)C1=Cc2c(n(-c3ccccc3)c3ccc(P(C)c4ccccc4)cc23)C=CC1. The Balaban J connectivity index is 1.69. The van der Waals surface area contributed by atoms with E-state index in [9.17, 15) is 0 Å². The van der Waals surface area contributed by atoms with Crippen LogP contribution in [0, 0.1) is 0 Å². The fourth-order valence-corrected chi connectivity index (χ4v) is 7.94. The lowest BCUT2D eigenvalue weighted by atomic mass is 10.1. The Kier molecular flexibility index (Phi) is 8.05. The molecule has 0 saturated carbocycles. The molecule has 1 aliphatic carbocycles. The van der Waals surface area contributed by atoms with Gasteiger partial charge in [-0.05, 0) is 98.7 Å². The maximum absolute atomic E-state index is 2.51. The third kappa shape index (κ3) is 5.36. The van der Waals surface area contributed by atoms with E-state index in [0.29, 0.717) is 0 Å². The molecule has 3 heteroatoms. The molecule has 1 aliphatic rings. The summed E-state index contributed by atoms with van der Waals surface area (Å²) < 4.78 is 2.44. The van der Waals surface area contributed by atoms with E-state index < -0.39 is 7.92 Å². The van der Waals surface area contributed by atoms with Crippen LogP contribution in [0.2, 0.25) is 0 Å². The van der Waals surface area contributed by atoms with E-state index >= 15 is 0 Å². The summed E-state index contributed by atoms with van der Waals surface area (Å²) in [6.07, 6.45) is 16.0. The van der Waals surface area contributed by atoms with Gasteiger partial charge < -0.3 is 4.57 Å². The zero-order valence-electron chi connectivity index (χ0n) is 22.2. The summed E-state index contributed by atoms with van der Waals surface area (Å²) >= 11 is 0. The number of hydrogen-bond donors (Lipinski definition) is 0. The maximum Gasteiger partial charge on any atom is 0.0541 e. The Hall–Kier alpha value is -2.98. The number of aromatic nitrogens is 1. The Labute approximate surface area is 224 Å². The summed E-state index contributed by atoms with van der Waals surface area (Å²) in [4.78, 5) is 0. The van der Waals surface area contributed by atoms with Crippen molar-refractivity contribution in [3.8, 4) is 5.69 Å². The average Bonchev–Trinajstić information content (AvgIpc) is 3.08. The van der Waals surface area contributed by atoms with E-state index in [0.717, 1.165) is 12.8 Å². The second-order valence-corrected chi connectivity index (χ2v) is 14.1. The van der Waals surface area contributed by atoms with Crippen LogP contribution in [0.5, 0.6) is 0 Å². The zero-order valence-corrected chi connectivity index (χ0v) is 24.0. The summed E-state index contributed by atoms with van der Waals surface area (Å²) in [7, 11) is -0.772. The molecule has 186 valence electrons. The van der Waals surface area contributed by atoms with E-state index in [1.54, 1.807) is 0 Å². The fraction of sp³-hybridized carbons (Fsp3) is 0.176. The zero-order chi connectivity index (χ0) is 25.8. The van der Waals surface area contributed by atoms with Gasteiger partial charge in [0, 0.05) is 16.6 Å². The van der Waals surface area contributed by atoms with Gasteiger partial charge in [-0.3, -0.25) is 0 Å². The maximum atomic E-state index is 2.51. The van der Waals surface area contributed by atoms with Crippen molar-refractivity contribution in [3.05, 3.63) is 125 Å². The number of para-hydroxylation sites is 1. The van der Waals surface area contributed by atoms with Gasteiger partial charge in [-0.1, -0.05) is 93.7 Å². The first kappa shape index (κ1) is 25.7. The van der Waals surface area contributed by atoms with Crippen molar-refractivity contribution >= 4 is 49.5 Å². The standard InChI is InChI=1S/C34H35NP2/c1-5-6-9-15-26(2)36(3)29-20-14-21-33-31(24-29)32-25-30(37(4)28-18-12-8-13-19-28)22-23-34(32)35(33)27-16-10-7-11-17-27/h6-19,21-25H,5,20H2,1-4H3/b9-6-,26-15+. The lowest BCUT2D eigenvalue weighted by Gasteiger charge is -2.16. The normalized spacial score (nSPS) is 15.5. The molecule has 0 aliphatic heterocycles. The van der Waals surface area contributed by atoms with Gasteiger partial charge >= 0.3 is 0 Å². The smallest absolute Gasteiger partial charge is 0.0541 e. The molecular formula is C34H35NP2. The van der Waals surface area contributed by atoms with Crippen LogP contribution in [-0.2, 0) is 0 Å². The van der Waals surface area contributed by atoms with Gasteiger partial charge in [0.1, 0.15) is 0 Å². The number of rotatable bonds is 7. The first-order valence-corrected chi connectivity index (χ1v) is 16.6. The molecule has 1 heterocycles. The first-order valence-electron chi connectivity index (χ1n) is 13.1. The third-order valence-corrected chi connectivity index (χ3v) is 11.7. The van der Waals surface area contributed by atoms with Crippen molar-refractivity contribution in [2.75, 3.05) is 13.3 Å². The Morgan fingerprint density at radius 3 is 2.38 bits per heavy atom. The second-order valence-electron chi connectivity index (χ2n) is 9.51. The topological polar surface area (TPSA) is 4.93 Å². The molecule has 0 saturated heterocycles. The minimum Gasteiger partial charge on any atom is -0.309 e. The summed E-state index contributed by atoms with van der Waals surface area (Å²) in [5.74, 6) is 0. The number of allylic oxidation sites excluding steroid dienone is 6. The molecule has 37 heavy (non-hydrogen) atoms. The van der Waals surface area contributed by atoms with E-state index in [1.807, 2.05) is 0 Å². The van der Waals surface area contributed by atoms with Crippen molar-refractivity contribution < 1.29 is 0 Å². The highest BCUT2D eigenvalue weighted by Gasteiger charge is 2.21. The summed E-state index contributed by atoms with van der Waals surface area (Å²) in [6.45, 7) is 9.26. The van der Waals surface area contributed by atoms with Crippen LogP contribution in [-0.4, -0.2) is 17.9 Å². The fourth-order valence-electron chi connectivity index (χ4n) is 4.94. The van der Waals surface area contributed by atoms with Crippen LogP contribution in [0.4, 0.5) is 0 Å². The van der Waals surface area contributed by atoms with Crippen molar-refractivity contribution in [1.29, 1.82) is 0 Å². The highest BCUT2D eigenvalue weighted by atomic mass is 31.1. The monoisotopic (exact) mass is 519 g/mol. The lowest BCUT2D eigenvalue weighted by Crippen LogP contribution is -2.10. The van der Waals surface area contributed by atoms with Crippen LogP contribution in [0.1, 0.15) is 37.9 Å². The Morgan fingerprint density at radius 2 is 1.65 bits per heavy atom. The van der Waals surface area contributed by atoms with E-state index in [1.165, 1.54) is 49.1 Å². The van der Waals surface area contributed by atoms with Crippen LogP contribution >= 0.6 is 15.8 Å². The summed E-state index contributed by atoms with van der Waals surface area (Å²) in [5, 5.41) is 7.19. The van der Waals surface area contributed by atoms with E-state index in [2.05, 4.69) is 147 Å². The summed E-state index contributed by atoms with van der Waals surface area (Å²) in [5.41, 5.74) is 5.12. The molecule has 0 N–H and O–H groups in total. The van der Waals surface area contributed by atoms with Crippen molar-refractivity contribution in [1.82, 2.24) is 4.57 Å². The number of hydrogen-bond acceptors (Lipinski definition) is 0. The van der Waals surface area contributed by atoms with E-state index in [-0.39, 0.29) is 7.92 Å². The molecule has 0 fully saturated rings. The van der Waals surface area contributed by atoms with Crippen molar-refractivity contribution in [2.24, 2.45) is 0 Å². The van der Waals surface area contributed by atoms with Crippen LogP contribution in [0.25, 0.3) is 28.7 Å². The predicted molar refractivity (Wildman–Crippen MR) is 169 cm³/mol. The third-order valence-electron chi connectivity index (χ3n) is 7.16. The minimum atomic E-state index is -0.412. The highest BCUT2D eigenvalue weighted by Crippen LogP contribution is 2.52. The van der Waals surface area contributed by atoms with Crippen LogP contribution < -0.4 is 10.6 Å². The molecule has 0 bridgehead atoms. The van der Waals surface area contributed by atoms with Crippen LogP contribution in [0.15, 0.2) is 114 Å². The Morgan fingerprint density at radius 1 is 0.919 bits per heavy atom. The molecule has 0 amide bonds. The number of benzene rings is 3. The number of nitrogens with zero attached hydrogens (tertiary/aromatic N) is 1. The van der Waals surface area contributed by atoms with Gasteiger partial charge in [0.05, 0.1) is 11.2 Å². The van der Waals surface area contributed by atoms with Gasteiger partial charge in [-0.15, -0.1) is 0 Å². The quantitative estimate of drug-likeness (QED) is 0.169. The van der Waals surface area contributed by atoms with Gasteiger partial charge in [-0.2, -0.15) is 0 Å². The van der Waals surface area contributed by atoms with Gasteiger partial charge in [0.2, 0.25) is 0 Å². The highest BCUT2D eigenvalue weighted by molar-refractivity contribution is 7.72. The molecule has 4 aromatic rings. The molecule has 1 aromatic heterocycles. The first-order chi connectivity index (χ1) is 18.1. The van der Waals surface area contributed by atoms with Crippen molar-refractivity contribution in [2.45, 2.75) is 26.7 Å². The average molecular weight is 520 g/mol. The van der Waals surface area contributed by atoms with Gasteiger partial charge in [-0.25, -0.2) is 0 Å². The van der Waals surface area contributed by atoms with Gasteiger partial charge in [0.25, 0.3) is 0 Å². The lowest BCUT2D eigenvalue weighted by molar-refractivity contribution is 1.11.